The molecule has 1 amide bonds. The monoisotopic (exact) mass is 629 g/mol. The molecule has 0 aliphatic carbocycles. The Hall–Kier alpha value is -2.63. The number of hydrogen-bond acceptors (Lipinski definition) is 18. The minimum absolute atomic E-state index is 0.113. The predicted octanol–water partition coefficient (Wildman–Crippen LogP) is -6.29. The van der Waals surface area contributed by atoms with Crippen LogP contribution in [0.5, 0.6) is 0 Å². The van der Waals surface area contributed by atoms with Gasteiger partial charge < -0.3 is 61.8 Å². The number of carbonyl (C=O) groups is 2. The van der Waals surface area contributed by atoms with Gasteiger partial charge in [-0.1, -0.05) is 4.67 Å². The number of nitrogens with zero attached hydrogens (tertiary/aromatic N) is 2. The number of phosphoric acid groups is 1. The van der Waals surface area contributed by atoms with Gasteiger partial charge >= 0.3 is 19.5 Å². The molecule has 12 N–H and O–H groups in total. The maximum absolute atomic E-state index is 12.5. The zero-order chi connectivity index (χ0) is 31.4. The van der Waals surface area contributed by atoms with Crippen LogP contribution in [0.4, 0.5) is 5.82 Å². The Labute approximate surface area is 235 Å². The van der Waals surface area contributed by atoms with Gasteiger partial charge in [0.15, 0.2) is 12.3 Å². The number of aliphatic hydroxyl groups excluding tert-OH is 6. The minimum atomic E-state index is -5.23. The van der Waals surface area contributed by atoms with E-state index in [1.165, 1.54) is 6.07 Å². The second-order valence-corrected chi connectivity index (χ2v) is 10.6. The van der Waals surface area contributed by atoms with E-state index >= 15 is 0 Å². The van der Waals surface area contributed by atoms with Gasteiger partial charge in [0.2, 0.25) is 5.91 Å². The lowest BCUT2D eigenvalue weighted by Gasteiger charge is -2.41. The highest BCUT2D eigenvalue weighted by atomic mass is 31.2. The number of carbonyl (C=O) groups excluding carboxylic acids is 2. The van der Waals surface area contributed by atoms with Gasteiger partial charge in [0.25, 0.3) is 0 Å². The molecule has 0 bridgehead atoms. The van der Waals surface area contributed by atoms with Crippen molar-refractivity contribution in [3.8, 4) is 0 Å². The standard InChI is InChI=1S/C20H32N5O16P/c21-4-12(29)24-13-7(27)3-9(38-17(13)14(30)8(28)5-26)19(33)40-41-42(35,36)37-6-10-15(31)16(32)18(39-10)25-2-1-11(22)23-20(25)34/h1-2,7-10,13-18,26-28,30-32H,3-6,21H2,(H,24,29)(H,35,36)(H2,22,23,34)/t7?,8-,9?,10-,13-,14?,15-,16-,17-,18-/m1/s1. The summed E-state index contributed by atoms with van der Waals surface area (Å²) >= 11 is 0. The smallest absolute Gasteiger partial charge is 0.394 e. The summed E-state index contributed by atoms with van der Waals surface area (Å²) in [6.07, 6.45) is -14.6. The fourth-order valence-corrected chi connectivity index (χ4v) is 4.70. The topological polar surface area (TPSA) is 338 Å². The van der Waals surface area contributed by atoms with E-state index < -0.39 is 113 Å². The molecular formula is C20H32N5O16P. The number of aliphatic hydroxyl groups is 6. The quantitative estimate of drug-likeness (QED) is 0.0583. The molecule has 42 heavy (non-hydrogen) atoms. The van der Waals surface area contributed by atoms with Crippen molar-refractivity contribution in [2.24, 2.45) is 5.73 Å². The first kappa shape index (κ1) is 33.9. The molecule has 1 aromatic heterocycles. The molecule has 3 heterocycles. The molecule has 3 rings (SSSR count). The number of nitrogen functional groups attached to an aromatic ring is 1. The van der Waals surface area contributed by atoms with Gasteiger partial charge in [0, 0.05) is 12.6 Å². The van der Waals surface area contributed by atoms with Crippen molar-refractivity contribution < 1.29 is 73.2 Å². The Morgan fingerprint density at radius 3 is 2.55 bits per heavy atom. The summed E-state index contributed by atoms with van der Waals surface area (Å²) in [4.78, 5) is 53.9. The third-order valence-corrected chi connectivity index (χ3v) is 7.06. The van der Waals surface area contributed by atoms with Crippen LogP contribution in [0.25, 0.3) is 0 Å². The molecule has 2 fully saturated rings. The van der Waals surface area contributed by atoms with E-state index in [4.69, 9.17) is 26.0 Å². The molecule has 2 aliphatic rings. The zero-order valence-electron chi connectivity index (χ0n) is 21.6. The Morgan fingerprint density at radius 2 is 1.93 bits per heavy atom. The highest BCUT2D eigenvalue weighted by molar-refractivity contribution is 7.47. The van der Waals surface area contributed by atoms with Crippen molar-refractivity contribution in [2.75, 3.05) is 25.5 Å². The summed E-state index contributed by atoms with van der Waals surface area (Å²) in [5, 5.41) is 62.4. The second-order valence-electron chi connectivity index (χ2n) is 9.26. The van der Waals surface area contributed by atoms with Crippen LogP contribution in [0.1, 0.15) is 12.6 Å². The van der Waals surface area contributed by atoms with Gasteiger partial charge in [0.05, 0.1) is 31.9 Å². The largest absolute Gasteiger partial charge is 0.508 e. The Kier molecular flexibility index (Phi) is 11.5. The number of rotatable bonds is 12. The lowest BCUT2D eigenvalue weighted by Crippen LogP contribution is -2.64. The van der Waals surface area contributed by atoms with Crippen LogP contribution in [-0.4, -0.2) is 132 Å². The molecule has 0 saturated carbocycles. The van der Waals surface area contributed by atoms with Crippen LogP contribution in [0.3, 0.4) is 0 Å². The van der Waals surface area contributed by atoms with E-state index in [-0.39, 0.29) is 5.82 Å². The van der Waals surface area contributed by atoms with E-state index in [1.54, 1.807) is 0 Å². The molecule has 238 valence electrons. The lowest BCUT2D eigenvalue weighted by molar-refractivity contribution is -0.249. The third-order valence-electron chi connectivity index (χ3n) is 6.32. The first-order valence-electron chi connectivity index (χ1n) is 12.2. The van der Waals surface area contributed by atoms with Crippen LogP contribution < -0.4 is 22.5 Å². The number of aromatic nitrogens is 2. The number of nitrogens with one attached hydrogen (secondary N) is 1. The molecular weight excluding hydrogens is 597 g/mol. The fraction of sp³-hybridized carbons (Fsp3) is 0.700. The maximum Gasteiger partial charge on any atom is 0.508 e. The summed E-state index contributed by atoms with van der Waals surface area (Å²) in [7, 11) is -5.23. The van der Waals surface area contributed by atoms with Crippen molar-refractivity contribution in [1.29, 1.82) is 0 Å². The van der Waals surface area contributed by atoms with Crippen LogP contribution in [0, 0.1) is 0 Å². The van der Waals surface area contributed by atoms with Gasteiger partial charge in [-0.2, -0.15) is 4.98 Å². The summed E-state index contributed by atoms with van der Waals surface area (Å²) in [6, 6.07) is -0.174. The number of ether oxygens (including phenoxy) is 2. The molecule has 22 heteroatoms. The molecule has 4 unspecified atom stereocenters. The van der Waals surface area contributed by atoms with Crippen LogP contribution >= 0.6 is 7.82 Å². The van der Waals surface area contributed by atoms with E-state index in [2.05, 4.69) is 24.4 Å². The van der Waals surface area contributed by atoms with Crippen molar-refractivity contribution in [3.05, 3.63) is 22.7 Å². The van der Waals surface area contributed by atoms with Crippen LogP contribution in [-0.2, 0) is 37.7 Å². The average molecular weight is 629 g/mol. The molecule has 2 aliphatic heterocycles. The van der Waals surface area contributed by atoms with E-state index in [0.29, 0.717) is 0 Å². The van der Waals surface area contributed by atoms with Crippen LogP contribution in [0.2, 0.25) is 0 Å². The number of nitrogens with two attached hydrogens (primary N) is 2. The van der Waals surface area contributed by atoms with Gasteiger partial charge in [-0.05, 0) is 6.07 Å². The SMILES string of the molecule is NCC(=O)N[C@@H]1C(O)CC(C(=O)OOP(=O)(O)OC[C@H]2O[C@@H](n3ccc(N)nc3=O)[C@H](O)[C@@H]2O)O[C@H]1C(O)[C@H](O)CO. The number of phosphoric ester groups is 1. The Bertz CT molecular complexity index is 1210. The van der Waals surface area contributed by atoms with Crippen molar-refractivity contribution >= 4 is 25.5 Å². The van der Waals surface area contributed by atoms with Gasteiger partial charge in [-0.25, -0.2) is 14.2 Å². The van der Waals surface area contributed by atoms with Gasteiger partial charge in [0.1, 0.15) is 42.4 Å². The van der Waals surface area contributed by atoms with E-state index in [9.17, 15) is 49.4 Å². The summed E-state index contributed by atoms with van der Waals surface area (Å²) < 4.78 is 32.6. The second kappa shape index (κ2) is 14.2. The highest BCUT2D eigenvalue weighted by Crippen LogP contribution is 2.45. The molecule has 0 radical (unpaired) electrons. The molecule has 21 nitrogen and oxygen atoms in total. The summed E-state index contributed by atoms with van der Waals surface area (Å²) in [6.45, 7) is -2.38. The Morgan fingerprint density at radius 1 is 1.24 bits per heavy atom. The Balaban J connectivity index is 1.59. The van der Waals surface area contributed by atoms with Crippen molar-refractivity contribution in [2.45, 2.75) is 67.5 Å². The molecule has 11 atom stereocenters. The molecule has 0 spiro atoms. The van der Waals surface area contributed by atoms with Crippen molar-refractivity contribution in [3.63, 3.8) is 0 Å². The highest BCUT2D eigenvalue weighted by Gasteiger charge is 2.48. The minimum Gasteiger partial charge on any atom is -0.394 e. The van der Waals surface area contributed by atoms with Gasteiger partial charge in [-0.3, -0.25) is 18.8 Å². The average Bonchev–Trinajstić information content (AvgIpc) is 3.23. The number of anilines is 1. The molecule has 0 aromatic carbocycles. The summed E-state index contributed by atoms with van der Waals surface area (Å²) in [5.41, 5.74) is 9.72. The summed E-state index contributed by atoms with van der Waals surface area (Å²) in [5.74, 6) is -2.40. The van der Waals surface area contributed by atoms with E-state index in [1.807, 2.05) is 0 Å². The fourth-order valence-electron chi connectivity index (χ4n) is 4.15. The molecule has 2 saturated heterocycles. The van der Waals surface area contributed by atoms with Crippen molar-refractivity contribution in [1.82, 2.24) is 14.9 Å². The zero-order valence-corrected chi connectivity index (χ0v) is 22.5. The lowest BCUT2D eigenvalue weighted by atomic mass is 9.90. The first-order valence-corrected chi connectivity index (χ1v) is 13.7. The normalized spacial score (nSPS) is 32.5. The number of amides is 1. The number of hydrogen-bond donors (Lipinski definition) is 10. The molecule has 1 aromatic rings. The van der Waals surface area contributed by atoms with Gasteiger partial charge in [-0.15, -0.1) is 0 Å². The predicted molar refractivity (Wildman–Crippen MR) is 131 cm³/mol. The maximum atomic E-state index is 12.5. The van der Waals surface area contributed by atoms with Crippen LogP contribution in [0.15, 0.2) is 17.1 Å². The first-order chi connectivity index (χ1) is 19.7. The third kappa shape index (κ3) is 8.05. The van der Waals surface area contributed by atoms with E-state index in [0.717, 1.165) is 10.8 Å².